The maximum absolute atomic E-state index is 13.0. The summed E-state index contributed by atoms with van der Waals surface area (Å²) in [7, 11) is 1.58. The molecule has 7 heteroatoms. The lowest BCUT2D eigenvalue weighted by molar-refractivity contribution is 0.111. The van der Waals surface area contributed by atoms with Crippen LogP contribution in [0.25, 0.3) is 0 Å². The molecule has 26 heavy (non-hydrogen) atoms. The van der Waals surface area contributed by atoms with E-state index in [0.29, 0.717) is 25.5 Å². The Hall–Kier alpha value is -2.80. The average molecular weight is 359 g/mol. The third-order valence-corrected chi connectivity index (χ3v) is 3.97. The number of guanidine groups is 1. The number of rotatable bonds is 5. The first kappa shape index (κ1) is 18.0. The largest absolute Gasteiger partial charge is 0.490 e. The van der Waals surface area contributed by atoms with Crippen molar-refractivity contribution in [3.63, 3.8) is 0 Å². The summed E-state index contributed by atoms with van der Waals surface area (Å²) in [5.41, 5.74) is 7.56. The summed E-state index contributed by atoms with van der Waals surface area (Å²) in [5.74, 6) is 1.37. The van der Waals surface area contributed by atoms with E-state index in [1.54, 1.807) is 19.2 Å². The van der Waals surface area contributed by atoms with Crippen molar-refractivity contribution in [1.29, 1.82) is 0 Å². The van der Waals surface area contributed by atoms with Crippen molar-refractivity contribution in [2.45, 2.75) is 12.5 Å². The molecule has 1 unspecified atom stereocenters. The zero-order valence-corrected chi connectivity index (χ0v) is 14.6. The Bertz CT molecular complexity index is 765. The van der Waals surface area contributed by atoms with Crippen molar-refractivity contribution < 1.29 is 18.6 Å². The van der Waals surface area contributed by atoms with Gasteiger partial charge in [0.2, 0.25) is 0 Å². The lowest BCUT2D eigenvalue weighted by atomic mass is 10.1. The molecule has 1 heterocycles. The predicted molar refractivity (Wildman–Crippen MR) is 98.3 cm³/mol. The minimum absolute atomic E-state index is 0.253. The number of nitrogens with two attached hydrogens (primary N) is 1. The highest BCUT2D eigenvalue weighted by Crippen LogP contribution is 2.32. The Balaban J connectivity index is 1.64. The number of aliphatic imine (C=N–C) groups is 1. The van der Waals surface area contributed by atoms with Crippen LogP contribution >= 0.6 is 0 Å². The second-order valence-corrected chi connectivity index (χ2v) is 5.84. The maximum Gasteiger partial charge on any atom is 0.193 e. The molecule has 0 saturated carbocycles. The highest BCUT2D eigenvalue weighted by atomic mass is 19.1. The van der Waals surface area contributed by atoms with Crippen LogP contribution in [0.1, 0.15) is 18.1 Å². The third-order valence-electron chi connectivity index (χ3n) is 3.97. The number of hydrogen-bond donors (Lipinski definition) is 2. The van der Waals surface area contributed by atoms with E-state index in [1.165, 1.54) is 12.1 Å². The summed E-state index contributed by atoms with van der Waals surface area (Å²) in [6.45, 7) is 1.57. The van der Waals surface area contributed by atoms with E-state index in [2.05, 4.69) is 10.3 Å². The second kappa shape index (κ2) is 8.53. The molecule has 1 aliphatic rings. The minimum Gasteiger partial charge on any atom is -0.490 e. The van der Waals surface area contributed by atoms with Gasteiger partial charge in [0.1, 0.15) is 11.9 Å². The van der Waals surface area contributed by atoms with E-state index in [9.17, 15) is 4.39 Å². The number of methoxy groups -OCH3 is 1. The van der Waals surface area contributed by atoms with Crippen LogP contribution in [-0.2, 0) is 4.74 Å². The molecular formula is C19H22FN3O3. The standard InChI is InChI=1S/C19H22FN3O3/c1-24-18(13-3-5-14(20)6-4-13)12-22-19(21)23-15-7-8-16-17(11-15)26-10-2-9-25-16/h3-8,11,18H,2,9-10,12H2,1H3,(H3,21,22,23). The highest BCUT2D eigenvalue weighted by Gasteiger charge is 2.12. The van der Waals surface area contributed by atoms with Crippen molar-refractivity contribution in [2.75, 3.05) is 32.2 Å². The maximum atomic E-state index is 13.0. The molecule has 0 aliphatic carbocycles. The Labute approximate surface area is 151 Å². The molecule has 1 aliphatic heterocycles. The zero-order valence-electron chi connectivity index (χ0n) is 14.6. The van der Waals surface area contributed by atoms with E-state index in [1.807, 2.05) is 18.2 Å². The molecule has 0 saturated heterocycles. The summed E-state index contributed by atoms with van der Waals surface area (Å²) >= 11 is 0. The normalized spacial score (nSPS) is 15.2. The predicted octanol–water partition coefficient (Wildman–Crippen LogP) is 3.10. The van der Waals surface area contributed by atoms with Gasteiger partial charge in [-0.15, -0.1) is 0 Å². The van der Waals surface area contributed by atoms with Crippen LogP contribution in [0.15, 0.2) is 47.5 Å². The molecule has 1 atom stereocenters. The fraction of sp³-hybridized carbons (Fsp3) is 0.316. The molecule has 6 nitrogen and oxygen atoms in total. The fourth-order valence-electron chi connectivity index (χ4n) is 2.60. The van der Waals surface area contributed by atoms with Crippen LogP contribution in [0.4, 0.5) is 10.1 Å². The number of ether oxygens (including phenoxy) is 3. The molecule has 3 rings (SSSR count). The van der Waals surface area contributed by atoms with Crippen LogP contribution in [0.3, 0.4) is 0 Å². The summed E-state index contributed by atoms with van der Waals surface area (Å²) < 4.78 is 29.7. The Morgan fingerprint density at radius 3 is 2.65 bits per heavy atom. The van der Waals surface area contributed by atoms with E-state index in [0.717, 1.165) is 23.4 Å². The van der Waals surface area contributed by atoms with Crippen LogP contribution in [0.5, 0.6) is 11.5 Å². The first-order valence-corrected chi connectivity index (χ1v) is 8.40. The van der Waals surface area contributed by atoms with Gasteiger partial charge in [-0.05, 0) is 29.8 Å². The molecule has 0 fully saturated rings. The minimum atomic E-state index is -0.306. The number of halogens is 1. The number of nitrogens with zero attached hydrogens (tertiary/aromatic N) is 1. The van der Waals surface area contributed by atoms with Gasteiger partial charge in [-0.1, -0.05) is 12.1 Å². The first-order valence-electron chi connectivity index (χ1n) is 8.40. The van der Waals surface area contributed by atoms with Gasteiger partial charge in [-0.2, -0.15) is 0 Å². The van der Waals surface area contributed by atoms with Crippen molar-refractivity contribution in [2.24, 2.45) is 10.7 Å². The van der Waals surface area contributed by atoms with Gasteiger partial charge in [-0.3, -0.25) is 4.99 Å². The van der Waals surface area contributed by atoms with Gasteiger partial charge in [0, 0.05) is 25.3 Å². The molecule has 138 valence electrons. The zero-order chi connectivity index (χ0) is 18.4. The van der Waals surface area contributed by atoms with Crippen molar-refractivity contribution >= 4 is 11.6 Å². The number of fused-ring (bicyclic) bond motifs is 1. The summed E-state index contributed by atoms with van der Waals surface area (Å²) in [6, 6.07) is 11.7. The molecular weight excluding hydrogens is 337 g/mol. The van der Waals surface area contributed by atoms with E-state index in [4.69, 9.17) is 19.9 Å². The monoisotopic (exact) mass is 359 g/mol. The summed E-state index contributed by atoms with van der Waals surface area (Å²) in [4.78, 5) is 4.31. The summed E-state index contributed by atoms with van der Waals surface area (Å²) in [6.07, 6.45) is 0.544. The van der Waals surface area contributed by atoms with Crippen molar-refractivity contribution in [3.8, 4) is 11.5 Å². The average Bonchev–Trinajstić information content (AvgIpc) is 2.88. The lowest BCUT2D eigenvalue weighted by Crippen LogP contribution is -2.24. The molecule has 0 aromatic heterocycles. The van der Waals surface area contributed by atoms with Gasteiger partial charge in [0.25, 0.3) is 0 Å². The molecule has 0 radical (unpaired) electrons. The highest BCUT2D eigenvalue weighted by molar-refractivity contribution is 5.92. The third kappa shape index (κ3) is 4.64. The van der Waals surface area contributed by atoms with E-state index < -0.39 is 0 Å². The molecule has 0 spiro atoms. The molecule has 3 N–H and O–H groups in total. The van der Waals surface area contributed by atoms with Gasteiger partial charge in [0.05, 0.1) is 19.8 Å². The van der Waals surface area contributed by atoms with Gasteiger partial charge in [-0.25, -0.2) is 4.39 Å². The van der Waals surface area contributed by atoms with Crippen LogP contribution in [0.2, 0.25) is 0 Å². The van der Waals surface area contributed by atoms with Gasteiger partial charge in [0.15, 0.2) is 17.5 Å². The molecule has 2 aromatic carbocycles. The van der Waals surface area contributed by atoms with E-state index in [-0.39, 0.29) is 17.9 Å². The topological polar surface area (TPSA) is 78.1 Å². The smallest absolute Gasteiger partial charge is 0.193 e. The summed E-state index contributed by atoms with van der Waals surface area (Å²) in [5, 5.41) is 3.03. The Morgan fingerprint density at radius 2 is 1.92 bits per heavy atom. The quantitative estimate of drug-likeness (QED) is 0.634. The molecule has 0 amide bonds. The molecule has 0 bridgehead atoms. The first-order chi connectivity index (χ1) is 12.7. The SMILES string of the molecule is COC(CN=C(N)Nc1ccc2c(c1)OCCCO2)c1ccc(F)cc1. The Morgan fingerprint density at radius 1 is 1.19 bits per heavy atom. The lowest BCUT2D eigenvalue weighted by Gasteiger charge is -2.14. The van der Waals surface area contributed by atoms with Gasteiger partial charge < -0.3 is 25.3 Å². The van der Waals surface area contributed by atoms with E-state index >= 15 is 0 Å². The van der Waals surface area contributed by atoms with Crippen molar-refractivity contribution in [3.05, 3.63) is 53.8 Å². The van der Waals surface area contributed by atoms with Crippen LogP contribution < -0.4 is 20.5 Å². The number of nitrogens with one attached hydrogen (secondary N) is 1. The fourth-order valence-corrected chi connectivity index (χ4v) is 2.60. The van der Waals surface area contributed by atoms with Crippen LogP contribution in [0, 0.1) is 5.82 Å². The Kier molecular flexibility index (Phi) is 5.91. The molecule has 2 aromatic rings. The van der Waals surface area contributed by atoms with Crippen molar-refractivity contribution in [1.82, 2.24) is 0 Å². The number of hydrogen-bond acceptors (Lipinski definition) is 4. The second-order valence-electron chi connectivity index (χ2n) is 5.84. The number of benzene rings is 2. The van der Waals surface area contributed by atoms with Gasteiger partial charge >= 0.3 is 0 Å². The number of anilines is 1. The van der Waals surface area contributed by atoms with Crippen LogP contribution in [-0.4, -0.2) is 32.8 Å².